The van der Waals surface area contributed by atoms with Gasteiger partial charge in [-0.05, 0) is 47.0 Å². The van der Waals surface area contributed by atoms with E-state index < -0.39 is 0 Å². The highest BCUT2D eigenvalue weighted by Crippen LogP contribution is 2.57. The topological polar surface area (TPSA) is 68.2 Å². The van der Waals surface area contributed by atoms with Gasteiger partial charge in [0.25, 0.3) is 0 Å². The van der Waals surface area contributed by atoms with Gasteiger partial charge in [-0.15, -0.1) is 0 Å². The summed E-state index contributed by atoms with van der Waals surface area (Å²) in [6.07, 6.45) is 4.85. The van der Waals surface area contributed by atoms with Crippen molar-refractivity contribution in [2.75, 3.05) is 6.61 Å². The van der Waals surface area contributed by atoms with Crippen LogP contribution < -0.4 is 10.6 Å². The third kappa shape index (κ3) is 2.81. The molecule has 24 heavy (non-hydrogen) atoms. The molecule has 0 aromatic carbocycles. The Labute approximate surface area is 144 Å². The van der Waals surface area contributed by atoms with Crippen LogP contribution in [-0.2, 0) is 17.8 Å². The Hall–Kier alpha value is -1.56. The second kappa shape index (κ2) is 6.75. The lowest BCUT2D eigenvalue weighted by Crippen LogP contribution is -2.68. The average Bonchev–Trinajstić information content (AvgIpc) is 2.76. The number of carbonyl (C=O) groups is 1. The molecule has 1 spiro atoms. The summed E-state index contributed by atoms with van der Waals surface area (Å²) in [6.45, 7) is 10.3. The van der Waals surface area contributed by atoms with Gasteiger partial charge in [-0.1, -0.05) is 6.42 Å². The lowest BCUT2D eigenvalue weighted by molar-refractivity contribution is -0.169. The van der Waals surface area contributed by atoms with Crippen LogP contribution >= 0.6 is 0 Å². The van der Waals surface area contributed by atoms with E-state index in [1.807, 2.05) is 18.5 Å². The van der Waals surface area contributed by atoms with Crippen LogP contribution in [0.3, 0.4) is 0 Å². The minimum atomic E-state index is -0.0794. The van der Waals surface area contributed by atoms with Crippen molar-refractivity contribution in [1.82, 2.24) is 20.4 Å². The van der Waals surface area contributed by atoms with Gasteiger partial charge in [-0.25, -0.2) is 4.79 Å². The number of hydrogen-bond donors (Lipinski definition) is 2. The third-order valence-corrected chi connectivity index (χ3v) is 6.00. The first kappa shape index (κ1) is 17.3. The predicted molar refractivity (Wildman–Crippen MR) is 92.8 cm³/mol. The largest absolute Gasteiger partial charge is 0.378 e. The summed E-state index contributed by atoms with van der Waals surface area (Å²) >= 11 is 0. The first-order valence-electron chi connectivity index (χ1n) is 9.20. The molecular formula is C18H30N4O2. The monoisotopic (exact) mass is 334 g/mol. The van der Waals surface area contributed by atoms with E-state index in [1.54, 1.807) is 0 Å². The van der Waals surface area contributed by atoms with Crippen molar-refractivity contribution in [1.29, 1.82) is 0 Å². The minimum Gasteiger partial charge on any atom is -0.378 e. The molecule has 0 unspecified atom stereocenters. The van der Waals surface area contributed by atoms with Gasteiger partial charge in [-0.2, -0.15) is 5.10 Å². The van der Waals surface area contributed by atoms with Gasteiger partial charge in [0.15, 0.2) is 0 Å². The van der Waals surface area contributed by atoms with Crippen molar-refractivity contribution in [3.63, 3.8) is 0 Å². The van der Waals surface area contributed by atoms with E-state index in [9.17, 15) is 4.79 Å². The Morgan fingerprint density at radius 2 is 2.12 bits per heavy atom. The Balaban J connectivity index is 1.53. The summed E-state index contributed by atoms with van der Waals surface area (Å²) in [4.78, 5) is 12.3. The molecule has 6 heteroatoms. The Bertz CT molecular complexity index is 606. The standard InChI is InChI=1S/C18H30N4O2/c1-5-22-13(4)14(12(3)21-22)11-19-17(23)20-15-10-16(24-6-2)18(15)8-7-9-18/h15-16H,5-11H2,1-4H3,(H2,19,20,23)/t15-,16+/m0/s1. The summed E-state index contributed by atoms with van der Waals surface area (Å²) in [5, 5.41) is 10.7. The summed E-state index contributed by atoms with van der Waals surface area (Å²) in [7, 11) is 0. The van der Waals surface area contributed by atoms with E-state index in [0.717, 1.165) is 36.5 Å². The fraction of sp³-hybridized carbons (Fsp3) is 0.778. The number of aromatic nitrogens is 2. The number of nitrogens with zero attached hydrogens (tertiary/aromatic N) is 2. The van der Waals surface area contributed by atoms with Crippen LogP contribution in [0.2, 0.25) is 0 Å². The van der Waals surface area contributed by atoms with Gasteiger partial charge < -0.3 is 15.4 Å². The second-order valence-electron chi connectivity index (χ2n) is 7.11. The maximum atomic E-state index is 12.3. The molecule has 2 aliphatic rings. The molecule has 2 saturated carbocycles. The highest BCUT2D eigenvalue weighted by atomic mass is 16.5. The van der Waals surface area contributed by atoms with Gasteiger partial charge in [0, 0.05) is 42.4 Å². The Morgan fingerprint density at radius 1 is 1.38 bits per heavy atom. The molecule has 2 fully saturated rings. The molecule has 3 rings (SSSR count). The summed E-state index contributed by atoms with van der Waals surface area (Å²) < 4.78 is 7.82. The molecular weight excluding hydrogens is 304 g/mol. The number of nitrogens with one attached hydrogen (secondary N) is 2. The highest BCUT2D eigenvalue weighted by molar-refractivity contribution is 5.74. The first-order valence-corrected chi connectivity index (χ1v) is 9.20. The molecule has 0 saturated heterocycles. The van der Waals surface area contributed by atoms with Crippen LogP contribution in [0.1, 0.15) is 56.5 Å². The van der Waals surface area contributed by atoms with Crippen LogP contribution in [0.5, 0.6) is 0 Å². The molecule has 1 aromatic rings. The van der Waals surface area contributed by atoms with Crippen molar-refractivity contribution < 1.29 is 9.53 Å². The molecule has 6 nitrogen and oxygen atoms in total. The van der Waals surface area contributed by atoms with Crippen LogP contribution in [0.4, 0.5) is 4.79 Å². The number of urea groups is 1. The Morgan fingerprint density at radius 3 is 2.67 bits per heavy atom. The maximum absolute atomic E-state index is 12.3. The molecule has 2 N–H and O–H groups in total. The zero-order valence-corrected chi connectivity index (χ0v) is 15.3. The van der Waals surface area contributed by atoms with E-state index in [4.69, 9.17) is 4.74 Å². The summed E-state index contributed by atoms with van der Waals surface area (Å²) in [5.41, 5.74) is 3.44. The second-order valence-corrected chi connectivity index (χ2v) is 7.11. The number of amides is 2. The molecule has 2 amide bonds. The fourth-order valence-electron chi connectivity index (χ4n) is 4.32. The fourth-order valence-corrected chi connectivity index (χ4v) is 4.32. The molecule has 0 aliphatic heterocycles. The molecule has 0 radical (unpaired) electrons. The van der Waals surface area contributed by atoms with Crippen LogP contribution in [0.25, 0.3) is 0 Å². The molecule has 134 valence electrons. The van der Waals surface area contributed by atoms with E-state index in [2.05, 4.69) is 29.6 Å². The minimum absolute atomic E-state index is 0.0794. The molecule has 1 aromatic heterocycles. The molecule has 2 aliphatic carbocycles. The predicted octanol–water partition coefficient (Wildman–Crippen LogP) is 2.67. The van der Waals surface area contributed by atoms with Crippen molar-refractivity contribution in [2.45, 2.75) is 78.6 Å². The van der Waals surface area contributed by atoms with Gasteiger partial charge >= 0.3 is 6.03 Å². The lowest BCUT2D eigenvalue weighted by Gasteiger charge is -2.60. The number of carbonyl (C=O) groups excluding carboxylic acids is 1. The van der Waals surface area contributed by atoms with Crippen LogP contribution in [0, 0.1) is 19.3 Å². The lowest BCUT2D eigenvalue weighted by atomic mass is 9.51. The van der Waals surface area contributed by atoms with Crippen molar-refractivity contribution in [3.05, 3.63) is 17.0 Å². The first-order chi connectivity index (χ1) is 11.5. The molecule has 2 atom stereocenters. The van der Waals surface area contributed by atoms with Gasteiger partial charge in [0.05, 0.1) is 11.8 Å². The highest BCUT2D eigenvalue weighted by Gasteiger charge is 2.59. The van der Waals surface area contributed by atoms with Gasteiger partial charge in [0.1, 0.15) is 0 Å². The molecule has 0 bridgehead atoms. The zero-order valence-electron chi connectivity index (χ0n) is 15.3. The van der Waals surface area contributed by atoms with Gasteiger partial charge in [0.2, 0.25) is 0 Å². The van der Waals surface area contributed by atoms with E-state index in [-0.39, 0.29) is 17.5 Å². The summed E-state index contributed by atoms with van der Waals surface area (Å²) in [5.74, 6) is 0. The molecule has 1 heterocycles. The third-order valence-electron chi connectivity index (χ3n) is 6.00. The van der Waals surface area contributed by atoms with Crippen molar-refractivity contribution in [2.24, 2.45) is 5.41 Å². The van der Waals surface area contributed by atoms with E-state index in [1.165, 1.54) is 19.3 Å². The average molecular weight is 334 g/mol. The summed E-state index contributed by atoms with van der Waals surface area (Å²) in [6, 6.07) is 0.174. The van der Waals surface area contributed by atoms with Gasteiger partial charge in [-0.3, -0.25) is 4.68 Å². The normalized spacial score (nSPS) is 24.3. The van der Waals surface area contributed by atoms with Crippen LogP contribution in [-0.4, -0.2) is 34.6 Å². The maximum Gasteiger partial charge on any atom is 0.315 e. The smallest absolute Gasteiger partial charge is 0.315 e. The Kier molecular flexibility index (Phi) is 4.85. The zero-order chi connectivity index (χ0) is 17.3. The van der Waals surface area contributed by atoms with Crippen molar-refractivity contribution >= 4 is 6.03 Å². The SMILES string of the molecule is CCO[C@@H]1C[C@H](NC(=O)NCc2c(C)nn(CC)c2C)C12CCC2. The number of aryl methyl sites for hydroxylation is 2. The van der Waals surface area contributed by atoms with Crippen molar-refractivity contribution in [3.8, 4) is 0 Å². The number of rotatable bonds is 6. The van der Waals surface area contributed by atoms with E-state index >= 15 is 0 Å². The van der Waals surface area contributed by atoms with E-state index in [0.29, 0.717) is 12.6 Å². The number of hydrogen-bond acceptors (Lipinski definition) is 3. The van der Waals surface area contributed by atoms with Crippen LogP contribution in [0.15, 0.2) is 0 Å². The quantitative estimate of drug-likeness (QED) is 0.840. The number of ether oxygens (including phenoxy) is 1.